The maximum absolute atomic E-state index is 12.2. The minimum absolute atomic E-state index is 0.0619. The van der Waals surface area contributed by atoms with Crippen LogP contribution in [0.5, 0.6) is 5.75 Å². The summed E-state index contributed by atoms with van der Waals surface area (Å²) in [7, 11) is 1.61. The number of nitrogens with zero attached hydrogens (tertiary/aromatic N) is 2. The maximum atomic E-state index is 12.2. The van der Waals surface area contributed by atoms with E-state index in [2.05, 4.69) is 0 Å². The average Bonchev–Trinajstić information content (AvgIpc) is 2.56. The molecule has 0 fully saturated rings. The molecule has 0 atom stereocenters. The molecule has 0 heterocycles. The van der Waals surface area contributed by atoms with Gasteiger partial charge in [0.1, 0.15) is 0 Å². The third-order valence-corrected chi connectivity index (χ3v) is 4.23. The highest BCUT2D eigenvalue weighted by Crippen LogP contribution is 2.28. The molecule has 0 saturated heterocycles. The van der Waals surface area contributed by atoms with E-state index in [-0.39, 0.29) is 24.0 Å². The van der Waals surface area contributed by atoms with Crippen molar-refractivity contribution in [3.05, 3.63) is 67.7 Å². The van der Waals surface area contributed by atoms with Gasteiger partial charge < -0.3 is 9.64 Å². The van der Waals surface area contributed by atoms with Gasteiger partial charge in [0.05, 0.1) is 15.0 Å². The van der Waals surface area contributed by atoms with Crippen LogP contribution in [0.1, 0.15) is 11.1 Å². The summed E-state index contributed by atoms with van der Waals surface area (Å²) in [5, 5.41) is 11.9. The van der Waals surface area contributed by atoms with Gasteiger partial charge in [-0.3, -0.25) is 14.9 Å². The number of likely N-dealkylation sites (N-methyl/N-ethyl adjacent to an activating group) is 1. The van der Waals surface area contributed by atoms with Crippen molar-refractivity contribution in [1.29, 1.82) is 0 Å². The average molecular weight is 383 g/mol. The Kier molecular flexibility index (Phi) is 6.22. The number of nitro groups is 1. The van der Waals surface area contributed by atoms with Gasteiger partial charge in [-0.05, 0) is 36.2 Å². The first-order valence-electron chi connectivity index (χ1n) is 7.33. The summed E-state index contributed by atoms with van der Waals surface area (Å²) in [4.78, 5) is 24.2. The lowest BCUT2D eigenvalue weighted by molar-refractivity contribution is -0.385. The Morgan fingerprint density at radius 2 is 1.92 bits per heavy atom. The molecule has 0 radical (unpaired) electrons. The molecule has 0 bridgehead atoms. The minimum atomic E-state index is -0.535. The normalized spacial score (nSPS) is 10.4. The van der Waals surface area contributed by atoms with Crippen LogP contribution in [0.2, 0.25) is 10.0 Å². The third kappa shape index (κ3) is 5.08. The van der Waals surface area contributed by atoms with E-state index < -0.39 is 4.92 Å². The molecule has 132 valence electrons. The summed E-state index contributed by atoms with van der Waals surface area (Å²) in [6.07, 6.45) is 0. The molecule has 0 saturated carbocycles. The minimum Gasteiger partial charge on any atom is -0.477 e. The van der Waals surface area contributed by atoms with Crippen LogP contribution in [0.4, 0.5) is 5.69 Å². The number of benzene rings is 2. The number of amides is 1. The predicted molar refractivity (Wildman–Crippen MR) is 96.3 cm³/mol. The molecule has 2 rings (SSSR count). The molecule has 1 amide bonds. The molecule has 0 unspecified atom stereocenters. The van der Waals surface area contributed by atoms with Gasteiger partial charge in [-0.1, -0.05) is 35.3 Å². The Balaban J connectivity index is 2.00. The molecular weight excluding hydrogens is 367 g/mol. The summed E-state index contributed by atoms with van der Waals surface area (Å²) in [5.41, 5.74) is 1.38. The van der Waals surface area contributed by atoms with Crippen molar-refractivity contribution in [2.75, 3.05) is 13.7 Å². The second-order valence-electron chi connectivity index (χ2n) is 5.52. The highest BCUT2D eigenvalue weighted by Gasteiger charge is 2.17. The van der Waals surface area contributed by atoms with Crippen LogP contribution in [0.3, 0.4) is 0 Å². The van der Waals surface area contributed by atoms with Gasteiger partial charge in [-0.2, -0.15) is 0 Å². The fourth-order valence-corrected chi connectivity index (χ4v) is 2.46. The number of rotatable bonds is 6. The quantitative estimate of drug-likeness (QED) is 0.552. The van der Waals surface area contributed by atoms with Gasteiger partial charge >= 0.3 is 5.69 Å². The second-order valence-corrected chi connectivity index (χ2v) is 6.33. The molecule has 0 aliphatic carbocycles. The Labute approximate surface area is 155 Å². The molecule has 2 aromatic rings. The number of ether oxygens (including phenoxy) is 1. The van der Waals surface area contributed by atoms with Gasteiger partial charge in [-0.15, -0.1) is 0 Å². The molecule has 0 N–H and O–H groups in total. The summed E-state index contributed by atoms with van der Waals surface area (Å²) in [5.74, 6) is -0.257. The molecule has 0 aliphatic heterocycles. The highest BCUT2D eigenvalue weighted by molar-refractivity contribution is 6.42. The molecule has 8 heteroatoms. The van der Waals surface area contributed by atoms with E-state index >= 15 is 0 Å². The predicted octanol–water partition coefficient (Wildman–Crippen LogP) is 4.25. The van der Waals surface area contributed by atoms with Crippen LogP contribution in [0.25, 0.3) is 0 Å². The van der Waals surface area contributed by atoms with Crippen LogP contribution < -0.4 is 4.74 Å². The summed E-state index contributed by atoms with van der Waals surface area (Å²) >= 11 is 11.8. The number of aryl methyl sites for hydroxylation is 1. The van der Waals surface area contributed by atoms with E-state index in [0.29, 0.717) is 16.6 Å². The van der Waals surface area contributed by atoms with Crippen molar-refractivity contribution in [3.63, 3.8) is 0 Å². The fourth-order valence-electron chi connectivity index (χ4n) is 2.14. The monoisotopic (exact) mass is 382 g/mol. The number of nitro benzene ring substituents is 1. The van der Waals surface area contributed by atoms with E-state index in [0.717, 1.165) is 11.1 Å². The van der Waals surface area contributed by atoms with E-state index in [1.54, 1.807) is 38.2 Å². The number of hydrogen-bond donors (Lipinski definition) is 0. The van der Waals surface area contributed by atoms with Crippen LogP contribution in [-0.2, 0) is 11.3 Å². The third-order valence-electron chi connectivity index (χ3n) is 3.49. The van der Waals surface area contributed by atoms with Crippen molar-refractivity contribution in [3.8, 4) is 5.75 Å². The topological polar surface area (TPSA) is 72.7 Å². The standard InChI is InChI=1S/C17H16Cl2N2O4/c1-11-3-6-16(15(7-11)21(23)24)25-10-17(22)20(2)9-12-4-5-13(18)14(19)8-12/h3-8H,9-10H2,1-2H3. The zero-order chi connectivity index (χ0) is 18.6. The van der Waals surface area contributed by atoms with Crippen LogP contribution in [-0.4, -0.2) is 29.4 Å². The van der Waals surface area contributed by atoms with Gasteiger partial charge in [0.2, 0.25) is 0 Å². The lowest BCUT2D eigenvalue weighted by atomic mass is 10.2. The summed E-state index contributed by atoms with van der Waals surface area (Å²) in [6, 6.07) is 9.68. The molecule has 6 nitrogen and oxygen atoms in total. The summed E-state index contributed by atoms with van der Waals surface area (Å²) < 4.78 is 5.34. The largest absolute Gasteiger partial charge is 0.477 e. The van der Waals surface area contributed by atoms with Crippen molar-refractivity contribution in [2.24, 2.45) is 0 Å². The Hall–Kier alpha value is -2.31. The van der Waals surface area contributed by atoms with Gasteiger partial charge in [0.15, 0.2) is 12.4 Å². The second kappa shape index (κ2) is 8.18. The molecule has 2 aromatic carbocycles. The van der Waals surface area contributed by atoms with Crippen LogP contribution in [0.15, 0.2) is 36.4 Å². The zero-order valence-electron chi connectivity index (χ0n) is 13.7. The lowest BCUT2D eigenvalue weighted by Gasteiger charge is -2.18. The lowest BCUT2D eigenvalue weighted by Crippen LogP contribution is -2.31. The zero-order valence-corrected chi connectivity index (χ0v) is 15.2. The van der Waals surface area contributed by atoms with Crippen molar-refractivity contribution in [1.82, 2.24) is 4.90 Å². The Bertz CT molecular complexity index is 811. The van der Waals surface area contributed by atoms with Gasteiger partial charge in [-0.25, -0.2) is 0 Å². The molecular formula is C17H16Cl2N2O4. The van der Waals surface area contributed by atoms with Crippen LogP contribution in [0, 0.1) is 17.0 Å². The first-order chi connectivity index (χ1) is 11.8. The van der Waals surface area contributed by atoms with Crippen molar-refractivity contribution >= 4 is 34.8 Å². The number of carbonyl (C=O) groups is 1. The first-order valence-corrected chi connectivity index (χ1v) is 8.09. The Morgan fingerprint density at radius 3 is 2.56 bits per heavy atom. The Morgan fingerprint density at radius 1 is 1.20 bits per heavy atom. The molecule has 25 heavy (non-hydrogen) atoms. The van der Waals surface area contributed by atoms with Crippen LogP contribution >= 0.6 is 23.2 Å². The number of carbonyl (C=O) groups excluding carboxylic acids is 1. The van der Waals surface area contributed by atoms with E-state index in [1.807, 2.05) is 0 Å². The molecule has 0 spiro atoms. The molecule has 0 aliphatic rings. The number of hydrogen-bond acceptors (Lipinski definition) is 4. The van der Waals surface area contributed by atoms with Crippen molar-refractivity contribution < 1.29 is 14.5 Å². The molecule has 0 aromatic heterocycles. The SMILES string of the molecule is Cc1ccc(OCC(=O)N(C)Cc2ccc(Cl)c(Cl)c2)c([N+](=O)[O-])c1. The fraction of sp³-hybridized carbons (Fsp3) is 0.235. The smallest absolute Gasteiger partial charge is 0.311 e. The van der Waals surface area contributed by atoms with E-state index in [1.165, 1.54) is 17.0 Å². The highest BCUT2D eigenvalue weighted by atomic mass is 35.5. The summed E-state index contributed by atoms with van der Waals surface area (Å²) in [6.45, 7) is 1.75. The van der Waals surface area contributed by atoms with Gasteiger partial charge in [0.25, 0.3) is 5.91 Å². The number of halogens is 2. The maximum Gasteiger partial charge on any atom is 0.311 e. The first kappa shape index (κ1) is 19.0. The van der Waals surface area contributed by atoms with Crippen molar-refractivity contribution in [2.45, 2.75) is 13.5 Å². The van der Waals surface area contributed by atoms with E-state index in [9.17, 15) is 14.9 Å². The van der Waals surface area contributed by atoms with E-state index in [4.69, 9.17) is 27.9 Å². The van der Waals surface area contributed by atoms with Gasteiger partial charge in [0, 0.05) is 19.7 Å².